The molecule has 0 radical (unpaired) electrons. The van der Waals surface area contributed by atoms with E-state index in [-0.39, 0.29) is 36.4 Å². The van der Waals surface area contributed by atoms with Gasteiger partial charge in [-0.05, 0) is 50.5 Å². The summed E-state index contributed by atoms with van der Waals surface area (Å²) in [6.45, 7) is 13.3. The monoisotopic (exact) mass is 504 g/mol. The maximum atomic E-state index is 12.5. The van der Waals surface area contributed by atoms with Crippen molar-refractivity contribution in [2.24, 2.45) is 0 Å². The highest BCUT2D eigenvalue weighted by molar-refractivity contribution is 5.94. The Balaban J connectivity index is 0.00000342. The van der Waals surface area contributed by atoms with E-state index in [9.17, 15) is 14.7 Å². The number of piperazine rings is 1. The molecular weight excluding hydrogens is 468 g/mol. The van der Waals surface area contributed by atoms with Gasteiger partial charge >= 0.3 is 6.09 Å². The van der Waals surface area contributed by atoms with Gasteiger partial charge in [0.2, 0.25) is 5.91 Å². The van der Waals surface area contributed by atoms with Gasteiger partial charge in [-0.1, -0.05) is 6.07 Å². The number of aromatic nitrogens is 2. The van der Waals surface area contributed by atoms with Crippen LogP contribution < -0.4 is 10.2 Å². The van der Waals surface area contributed by atoms with Crippen LogP contribution in [-0.4, -0.2) is 81.5 Å². The van der Waals surface area contributed by atoms with Crippen molar-refractivity contribution in [3.05, 3.63) is 36.2 Å². The lowest BCUT2D eigenvalue weighted by Gasteiger charge is -2.43. The molecule has 0 spiro atoms. The molecule has 192 valence electrons. The zero-order valence-electron chi connectivity index (χ0n) is 21.0. The zero-order chi connectivity index (χ0) is 24.4. The fourth-order valence-electron chi connectivity index (χ4n) is 5.28. The Kier molecular flexibility index (Phi) is 8.79. The van der Waals surface area contributed by atoms with E-state index in [0.717, 1.165) is 61.6 Å². The van der Waals surface area contributed by atoms with Gasteiger partial charge in [-0.25, -0.2) is 4.79 Å². The second-order valence-corrected chi connectivity index (χ2v) is 9.63. The van der Waals surface area contributed by atoms with E-state index in [2.05, 4.69) is 15.3 Å². The van der Waals surface area contributed by atoms with Crippen LogP contribution in [0.25, 0.3) is 11.1 Å². The molecule has 0 aliphatic carbocycles. The van der Waals surface area contributed by atoms with Crippen LogP contribution in [0.2, 0.25) is 0 Å². The number of carbonyl (C=O) groups excluding carboxylic acids is 1. The van der Waals surface area contributed by atoms with Gasteiger partial charge in [0.1, 0.15) is 0 Å². The lowest BCUT2D eigenvalue weighted by Crippen LogP contribution is -2.48. The van der Waals surface area contributed by atoms with Gasteiger partial charge in [-0.15, -0.1) is 12.4 Å². The van der Waals surface area contributed by atoms with E-state index in [0.29, 0.717) is 6.42 Å². The lowest BCUT2D eigenvalue weighted by molar-refractivity contribution is -0.117. The number of hydrogen-bond donors (Lipinski definition) is 2. The van der Waals surface area contributed by atoms with Crippen molar-refractivity contribution < 1.29 is 14.7 Å². The summed E-state index contributed by atoms with van der Waals surface area (Å²) in [6, 6.07) is 5.41. The SMILES string of the molecule is CC(=O)N1c2ccc(-c3cnn(CCN4CCNCC4)c3)cc2[C@H](N(C(=O)O)C(C)C)C[C@@H]1C.Cl. The van der Waals surface area contributed by atoms with Crippen molar-refractivity contribution in [3.8, 4) is 11.1 Å². The third kappa shape index (κ3) is 5.79. The number of carbonyl (C=O) groups is 2. The minimum Gasteiger partial charge on any atom is -0.465 e. The van der Waals surface area contributed by atoms with Crippen molar-refractivity contribution in [2.75, 3.05) is 37.6 Å². The fourth-order valence-corrected chi connectivity index (χ4v) is 5.28. The van der Waals surface area contributed by atoms with Gasteiger partial charge in [0, 0.05) is 69.2 Å². The maximum Gasteiger partial charge on any atom is 0.408 e. The summed E-state index contributed by atoms with van der Waals surface area (Å²) < 4.78 is 1.97. The van der Waals surface area contributed by atoms with Crippen molar-refractivity contribution in [1.29, 1.82) is 0 Å². The number of nitrogens with zero attached hydrogens (tertiary/aromatic N) is 5. The molecule has 2 aliphatic heterocycles. The molecule has 0 unspecified atom stereocenters. The second kappa shape index (κ2) is 11.4. The Morgan fingerprint density at radius 3 is 2.54 bits per heavy atom. The van der Waals surface area contributed by atoms with Gasteiger partial charge in [-0.2, -0.15) is 5.10 Å². The van der Waals surface area contributed by atoms with E-state index < -0.39 is 6.09 Å². The maximum absolute atomic E-state index is 12.5. The molecule has 2 aromatic rings. The summed E-state index contributed by atoms with van der Waals surface area (Å²) in [7, 11) is 0. The standard InChI is InChI=1S/C25H36N6O3.ClH/c1-17(2)30(25(33)34)24-13-18(3)31(19(4)32)23-6-5-20(14-22(23)24)21-15-27-29(16-21)12-11-28-9-7-26-8-10-28;/h5-6,14-18,24,26H,7-13H2,1-4H3,(H,33,34);1H/t18-,24+;/m0./s1. The molecule has 4 rings (SSSR count). The number of anilines is 1. The number of hydrogen-bond acceptors (Lipinski definition) is 5. The first-order valence-corrected chi connectivity index (χ1v) is 12.2. The number of halogens is 1. The third-order valence-electron chi connectivity index (χ3n) is 6.92. The van der Waals surface area contributed by atoms with Gasteiger partial charge < -0.3 is 15.3 Å². The zero-order valence-corrected chi connectivity index (χ0v) is 21.8. The van der Waals surface area contributed by atoms with Crippen LogP contribution in [0.5, 0.6) is 0 Å². The number of rotatable bonds is 6. The molecule has 2 amide bonds. The smallest absolute Gasteiger partial charge is 0.408 e. The fraction of sp³-hybridized carbons (Fsp3) is 0.560. The average molecular weight is 505 g/mol. The van der Waals surface area contributed by atoms with Crippen molar-refractivity contribution in [3.63, 3.8) is 0 Å². The number of fused-ring (bicyclic) bond motifs is 1. The van der Waals surface area contributed by atoms with Crippen LogP contribution in [0.4, 0.5) is 10.5 Å². The summed E-state index contributed by atoms with van der Waals surface area (Å²) in [5.74, 6) is -0.0351. The topological polar surface area (TPSA) is 93.9 Å². The lowest BCUT2D eigenvalue weighted by atomic mass is 9.88. The summed E-state index contributed by atoms with van der Waals surface area (Å²) in [5.41, 5.74) is 3.62. The van der Waals surface area contributed by atoms with Crippen LogP contribution in [0.1, 0.15) is 45.7 Å². The molecule has 2 atom stereocenters. The molecule has 9 nitrogen and oxygen atoms in total. The highest BCUT2D eigenvalue weighted by Crippen LogP contribution is 2.43. The Morgan fingerprint density at radius 1 is 1.20 bits per heavy atom. The summed E-state index contributed by atoms with van der Waals surface area (Å²) >= 11 is 0. The Bertz CT molecular complexity index is 1040. The number of nitrogens with one attached hydrogen (secondary N) is 1. The molecule has 0 bridgehead atoms. The highest BCUT2D eigenvalue weighted by atomic mass is 35.5. The minimum atomic E-state index is -0.944. The molecule has 2 aliphatic rings. The largest absolute Gasteiger partial charge is 0.465 e. The third-order valence-corrected chi connectivity index (χ3v) is 6.92. The molecule has 1 fully saturated rings. The van der Waals surface area contributed by atoms with E-state index in [1.54, 1.807) is 11.8 Å². The quantitative estimate of drug-likeness (QED) is 0.625. The molecule has 3 heterocycles. The second-order valence-electron chi connectivity index (χ2n) is 9.63. The van der Waals surface area contributed by atoms with Crippen LogP contribution in [0.3, 0.4) is 0 Å². The molecule has 10 heteroatoms. The number of benzene rings is 1. The summed E-state index contributed by atoms with van der Waals surface area (Å²) in [6.07, 6.45) is 3.52. The molecular formula is C25H37ClN6O3. The van der Waals surface area contributed by atoms with Gasteiger partial charge in [-0.3, -0.25) is 19.3 Å². The van der Waals surface area contributed by atoms with E-state index in [1.165, 1.54) is 4.90 Å². The molecule has 1 aromatic carbocycles. The molecule has 2 N–H and O–H groups in total. The Hall–Kier alpha value is -2.62. The summed E-state index contributed by atoms with van der Waals surface area (Å²) in [4.78, 5) is 30.3. The number of amides is 2. The highest BCUT2D eigenvalue weighted by Gasteiger charge is 2.38. The Morgan fingerprint density at radius 2 is 1.91 bits per heavy atom. The summed E-state index contributed by atoms with van der Waals surface area (Å²) in [5, 5.41) is 17.9. The van der Waals surface area contributed by atoms with Gasteiger partial charge in [0.15, 0.2) is 0 Å². The van der Waals surface area contributed by atoms with Crippen LogP contribution in [-0.2, 0) is 11.3 Å². The normalized spacial score (nSPS) is 20.3. The van der Waals surface area contributed by atoms with E-state index in [1.807, 2.05) is 56.0 Å². The first kappa shape index (κ1) is 27.0. The first-order chi connectivity index (χ1) is 16.3. The van der Waals surface area contributed by atoms with Crippen molar-refractivity contribution >= 4 is 30.1 Å². The Labute approximate surface area is 213 Å². The van der Waals surface area contributed by atoms with Crippen LogP contribution >= 0.6 is 12.4 Å². The van der Waals surface area contributed by atoms with E-state index >= 15 is 0 Å². The first-order valence-electron chi connectivity index (χ1n) is 12.2. The molecule has 0 saturated carbocycles. The molecule has 1 aromatic heterocycles. The van der Waals surface area contributed by atoms with Crippen molar-refractivity contribution in [2.45, 2.75) is 58.8 Å². The van der Waals surface area contributed by atoms with Crippen LogP contribution in [0.15, 0.2) is 30.6 Å². The molecule has 35 heavy (non-hydrogen) atoms. The van der Waals surface area contributed by atoms with Gasteiger partial charge in [0.25, 0.3) is 0 Å². The average Bonchev–Trinajstić information content (AvgIpc) is 3.26. The predicted molar refractivity (Wildman–Crippen MR) is 139 cm³/mol. The number of carboxylic acid groups (broad SMARTS) is 1. The van der Waals surface area contributed by atoms with Crippen molar-refractivity contribution in [1.82, 2.24) is 24.9 Å². The van der Waals surface area contributed by atoms with Crippen LogP contribution in [0, 0.1) is 0 Å². The molecule has 1 saturated heterocycles. The predicted octanol–water partition coefficient (Wildman–Crippen LogP) is 3.45. The minimum absolute atomic E-state index is 0. The van der Waals surface area contributed by atoms with Gasteiger partial charge in [0.05, 0.1) is 18.8 Å². The van der Waals surface area contributed by atoms with E-state index in [4.69, 9.17) is 0 Å².